The molecule has 0 unspecified atom stereocenters. The molecule has 0 aliphatic carbocycles. The van der Waals surface area contributed by atoms with Crippen LogP contribution >= 0.6 is 11.6 Å². The van der Waals surface area contributed by atoms with Gasteiger partial charge in [0.25, 0.3) is 5.91 Å². The number of benzene rings is 2. The SMILES string of the molecule is CC(=O)Nc1cccc(CNC(=O)c2cc(Cl)ccc2F)c1. The van der Waals surface area contributed by atoms with Crippen LogP contribution in [0.2, 0.25) is 5.02 Å². The van der Waals surface area contributed by atoms with E-state index in [9.17, 15) is 14.0 Å². The predicted octanol–water partition coefficient (Wildman–Crippen LogP) is 3.37. The lowest BCUT2D eigenvalue weighted by Gasteiger charge is -2.08. The van der Waals surface area contributed by atoms with E-state index in [2.05, 4.69) is 10.6 Å². The number of carbonyl (C=O) groups excluding carboxylic acids is 2. The van der Waals surface area contributed by atoms with Crippen molar-refractivity contribution in [2.75, 3.05) is 5.32 Å². The van der Waals surface area contributed by atoms with Crippen LogP contribution in [0.4, 0.5) is 10.1 Å². The highest BCUT2D eigenvalue weighted by molar-refractivity contribution is 6.31. The van der Waals surface area contributed by atoms with Crippen molar-refractivity contribution in [2.45, 2.75) is 13.5 Å². The number of carbonyl (C=O) groups is 2. The van der Waals surface area contributed by atoms with E-state index in [4.69, 9.17) is 11.6 Å². The van der Waals surface area contributed by atoms with E-state index in [0.29, 0.717) is 10.7 Å². The average Bonchev–Trinajstić information content (AvgIpc) is 2.47. The Morgan fingerprint density at radius 1 is 1.18 bits per heavy atom. The molecule has 0 heterocycles. The fourth-order valence-electron chi connectivity index (χ4n) is 1.91. The van der Waals surface area contributed by atoms with E-state index in [0.717, 1.165) is 11.6 Å². The number of halogens is 2. The second-order valence-corrected chi connectivity index (χ2v) is 5.12. The maximum Gasteiger partial charge on any atom is 0.254 e. The van der Waals surface area contributed by atoms with Crippen LogP contribution in [-0.4, -0.2) is 11.8 Å². The van der Waals surface area contributed by atoms with Crippen LogP contribution in [0.3, 0.4) is 0 Å². The Morgan fingerprint density at radius 2 is 1.95 bits per heavy atom. The van der Waals surface area contributed by atoms with E-state index < -0.39 is 11.7 Å². The Hall–Kier alpha value is -2.40. The minimum absolute atomic E-state index is 0.106. The molecule has 114 valence electrons. The summed E-state index contributed by atoms with van der Waals surface area (Å²) >= 11 is 5.76. The smallest absolute Gasteiger partial charge is 0.254 e. The molecule has 2 aromatic rings. The summed E-state index contributed by atoms with van der Waals surface area (Å²) in [4.78, 5) is 23.0. The summed E-state index contributed by atoms with van der Waals surface area (Å²) in [5, 5.41) is 5.56. The molecular weight excluding hydrogens is 307 g/mol. The molecule has 0 aliphatic heterocycles. The Labute approximate surface area is 132 Å². The third-order valence-electron chi connectivity index (χ3n) is 2.87. The fraction of sp³-hybridized carbons (Fsp3) is 0.125. The summed E-state index contributed by atoms with van der Waals surface area (Å²) in [5.41, 5.74) is 1.31. The van der Waals surface area contributed by atoms with Gasteiger partial charge in [0, 0.05) is 24.2 Å². The largest absolute Gasteiger partial charge is 0.348 e. The molecule has 0 radical (unpaired) electrons. The summed E-state index contributed by atoms with van der Waals surface area (Å²) in [6, 6.07) is 10.8. The second-order valence-electron chi connectivity index (χ2n) is 4.69. The number of hydrogen-bond acceptors (Lipinski definition) is 2. The molecule has 4 nitrogen and oxygen atoms in total. The summed E-state index contributed by atoms with van der Waals surface area (Å²) in [6.45, 7) is 1.62. The molecular formula is C16H14ClFN2O2. The highest BCUT2D eigenvalue weighted by atomic mass is 35.5. The topological polar surface area (TPSA) is 58.2 Å². The highest BCUT2D eigenvalue weighted by Gasteiger charge is 2.12. The molecule has 2 N–H and O–H groups in total. The molecule has 22 heavy (non-hydrogen) atoms. The number of hydrogen-bond donors (Lipinski definition) is 2. The zero-order chi connectivity index (χ0) is 16.1. The molecule has 0 aromatic heterocycles. The second kappa shape index (κ2) is 7.04. The van der Waals surface area contributed by atoms with Gasteiger partial charge in [-0.05, 0) is 35.9 Å². The first-order chi connectivity index (χ1) is 10.5. The van der Waals surface area contributed by atoms with Crippen LogP contribution in [0.5, 0.6) is 0 Å². The number of nitrogens with one attached hydrogen (secondary N) is 2. The Bertz CT molecular complexity index is 719. The first kappa shape index (κ1) is 16.0. The van der Waals surface area contributed by atoms with Crippen molar-refractivity contribution in [3.05, 3.63) is 64.4 Å². The van der Waals surface area contributed by atoms with Crippen molar-refractivity contribution in [2.24, 2.45) is 0 Å². The quantitative estimate of drug-likeness (QED) is 0.907. The first-order valence-corrected chi connectivity index (χ1v) is 6.93. The third-order valence-corrected chi connectivity index (χ3v) is 3.11. The molecule has 0 saturated heterocycles. The van der Waals surface area contributed by atoms with Crippen molar-refractivity contribution in [3.63, 3.8) is 0 Å². The van der Waals surface area contributed by atoms with Crippen molar-refractivity contribution >= 4 is 29.1 Å². The van der Waals surface area contributed by atoms with Gasteiger partial charge < -0.3 is 10.6 Å². The number of amides is 2. The van der Waals surface area contributed by atoms with Gasteiger partial charge in [0.1, 0.15) is 5.82 Å². The van der Waals surface area contributed by atoms with E-state index >= 15 is 0 Å². The summed E-state index contributed by atoms with van der Waals surface area (Å²) in [5.74, 6) is -1.36. The lowest BCUT2D eigenvalue weighted by molar-refractivity contribution is -0.114. The monoisotopic (exact) mass is 320 g/mol. The molecule has 2 rings (SSSR count). The fourth-order valence-corrected chi connectivity index (χ4v) is 2.08. The van der Waals surface area contributed by atoms with Crippen LogP contribution in [0.25, 0.3) is 0 Å². The van der Waals surface area contributed by atoms with Crippen molar-refractivity contribution < 1.29 is 14.0 Å². The number of rotatable bonds is 4. The molecule has 0 saturated carbocycles. The normalized spacial score (nSPS) is 10.1. The van der Waals surface area contributed by atoms with Crippen LogP contribution < -0.4 is 10.6 Å². The van der Waals surface area contributed by atoms with E-state index in [1.54, 1.807) is 24.3 Å². The van der Waals surface area contributed by atoms with Crippen LogP contribution in [0.1, 0.15) is 22.8 Å². The van der Waals surface area contributed by atoms with Crippen LogP contribution in [0, 0.1) is 5.82 Å². The van der Waals surface area contributed by atoms with Gasteiger partial charge in [-0.2, -0.15) is 0 Å². The van der Waals surface area contributed by atoms with Crippen LogP contribution in [-0.2, 0) is 11.3 Å². The van der Waals surface area contributed by atoms with Crippen molar-refractivity contribution in [1.82, 2.24) is 5.32 Å². The number of anilines is 1. The van der Waals surface area contributed by atoms with Crippen molar-refractivity contribution in [3.8, 4) is 0 Å². The molecule has 0 bridgehead atoms. The Kier molecular flexibility index (Phi) is 5.12. The van der Waals surface area contributed by atoms with Gasteiger partial charge >= 0.3 is 0 Å². The maximum atomic E-state index is 13.6. The van der Waals surface area contributed by atoms with Gasteiger partial charge in [-0.15, -0.1) is 0 Å². The Morgan fingerprint density at radius 3 is 2.68 bits per heavy atom. The molecule has 0 atom stereocenters. The lowest BCUT2D eigenvalue weighted by atomic mass is 10.1. The van der Waals surface area contributed by atoms with E-state index in [1.165, 1.54) is 19.1 Å². The third kappa shape index (κ3) is 4.30. The van der Waals surface area contributed by atoms with Gasteiger partial charge in [-0.25, -0.2) is 4.39 Å². The molecule has 6 heteroatoms. The summed E-state index contributed by atoms with van der Waals surface area (Å²) in [6.07, 6.45) is 0. The molecule has 0 spiro atoms. The van der Waals surface area contributed by atoms with E-state index in [-0.39, 0.29) is 18.0 Å². The standard InChI is InChI=1S/C16H14ClFN2O2/c1-10(21)20-13-4-2-3-11(7-13)9-19-16(22)14-8-12(17)5-6-15(14)18/h2-8H,9H2,1H3,(H,19,22)(H,20,21). The van der Waals surface area contributed by atoms with Crippen LogP contribution in [0.15, 0.2) is 42.5 Å². The van der Waals surface area contributed by atoms with Gasteiger partial charge in [-0.1, -0.05) is 23.7 Å². The minimum Gasteiger partial charge on any atom is -0.348 e. The van der Waals surface area contributed by atoms with Gasteiger partial charge in [0.05, 0.1) is 5.56 Å². The molecule has 2 aromatic carbocycles. The highest BCUT2D eigenvalue weighted by Crippen LogP contribution is 2.15. The van der Waals surface area contributed by atoms with Gasteiger partial charge in [0.2, 0.25) is 5.91 Å². The minimum atomic E-state index is -0.631. The molecule has 2 amide bonds. The molecule has 0 fully saturated rings. The maximum absolute atomic E-state index is 13.6. The predicted molar refractivity (Wildman–Crippen MR) is 83.3 cm³/mol. The van der Waals surface area contributed by atoms with Gasteiger partial charge in [-0.3, -0.25) is 9.59 Å². The lowest BCUT2D eigenvalue weighted by Crippen LogP contribution is -2.23. The van der Waals surface area contributed by atoms with E-state index in [1.807, 2.05) is 0 Å². The summed E-state index contributed by atoms with van der Waals surface area (Å²) < 4.78 is 13.6. The average molecular weight is 321 g/mol. The Balaban J connectivity index is 2.05. The first-order valence-electron chi connectivity index (χ1n) is 6.55. The summed E-state index contributed by atoms with van der Waals surface area (Å²) in [7, 11) is 0. The molecule has 0 aliphatic rings. The van der Waals surface area contributed by atoms with Gasteiger partial charge in [0.15, 0.2) is 0 Å². The zero-order valence-corrected chi connectivity index (χ0v) is 12.6. The van der Waals surface area contributed by atoms with Crippen molar-refractivity contribution in [1.29, 1.82) is 0 Å². The zero-order valence-electron chi connectivity index (χ0n) is 11.8.